The third-order valence-corrected chi connectivity index (χ3v) is 8.63. The molecular formula is C30H32F4N2O4. The fourth-order valence-electron chi connectivity index (χ4n) is 6.43. The van der Waals surface area contributed by atoms with Crippen LogP contribution in [-0.4, -0.2) is 62.8 Å². The van der Waals surface area contributed by atoms with Gasteiger partial charge in [0, 0.05) is 44.6 Å². The summed E-state index contributed by atoms with van der Waals surface area (Å²) in [6.07, 6.45) is -1.61. The van der Waals surface area contributed by atoms with Gasteiger partial charge in [-0.05, 0) is 59.6 Å². The summed E-state index contributed by atoms with van der Waals surface area (Å²) in [7, 11) is 0.905. The summed E-state index contributed by atoms with van der Waals surface area (Å²) in [5.74, 6) is -1.85. The zero-order chi connectivity index (χ0) is 28.5. The molecule has 214 valence electrons. The standard InChI is InChI=1S/C30H32F4N2O4/c1-39-29(30(32,33)34,23-6-2-4-21(16-23)22-5-3-15-40-19-22)27(38)36-13-11-28(12-14-36)17-26(37)35-18-25(28)20-7-9-24(31)10-8-20/h2,4-10,16,25H,3,11-15,17-19H2,1H3,(H,35,37)/t25-,29?/m0/s1. The maximum Gasteiger partial charge on any atom is 0.430 e. The summed E-state index contributed by atoms with van der Waals surface area (Å²) >= 11 is 0. The number of benzene rings is 2. The summed E-state index contributed by atoms with van der Waals surface area (Å²) in [5.41, 5.74) is -1.89. The van der Waals surface area contributed by atoms with Crippen molar-refractivity contribution in [1.29, 1.82) is 0 Å². The van der Waals surface area contributed by atoms with Gasteiger partial charge in [0.25, 0.3) is 11.5 Å². The number of halogens is 4. The van der Waals surface area contributed by atoms with Gasteiger partial charge in [0.05, 0.1) is 13.2 Å². The fraction of sp³-hybridized carbons (Fsp3) is 0.467. The summed E-state index contributed by atoms with van der Waals surface area (Å²) in [6.45, 7) is 1.23. The quantitative estimate of drug-likeness (QED) is 0.526. The van der Waals surface area contributed by atoms with Gasteiger partial charge < -0.3 is 19.7 Å². The number of likely N-dealkylation sites (tertiary alicyclic amines) is 1. The molecule has 3 aliphatic heterocycles. The molecule has 1 spiro atoms. The number of rotatable bonds is 5. The zero-order valence-electron chi connectivity index (χ0n) is 22.2. The summed E-state index contributed by atoms with van der Waals surface area (Å²) in [6, 6.07) is 11.9. The van der Waals surface area contributed by atoms with Crippen molar-refractivity contribution >= 4 is 17.4 Å². The highest BCUT2D eigenvalue weighted by Crippen LogP contribution is 2.50. The van der Waals surface area contributed by atoms with Crippen LogP contribution in [0.2, 0.25) is 0 Å². The van der Waals surface area contributed by atoms with E-state index in [9.17, 15) is 27.2 Å². The largest absolute Gasteiger partial charge is 0.430 e. The number of alkyl halides is 3. The number of hydrogen-bond donors (Lipinski definition) is 1. The molecule has 1 N–H and O–H groups in total. The number of ether oxygens (including phenoxy) is 2. The van der Waals surface area contributed by atoms with Gasteiger partial charge in [-0.2, -0.15) is 13.2 Å². The lowest BCUT2D eigenvalue weighted by Gasteiger charge is -2.50. The lowest BCUT2D eigenvalue weighted by molar-refractivity contribution is -0.271. The second kappa shape index (κ2) is 11.0. The molecule has 2 amide bonds. The smallest absolute Gasteiger partial charge is 0.376 e. The Bertz CT molecular complexity index is 1290. The molecule has 2 fully saturated rings. The van der Waals surface area contributed by atoms with E-state index in [1.54, 1.807) is 18.2 Å². The summed E-state index contributed by atoms with van der Waals surface area (Å²) < 4.78 is 68.8. The summed E-state index contributed by atoms with van der Waals surface area (Å²) in [4.78, 5) is 27.5. The van der Waals surface area contributed by atoms with Crippen LogP contribution in [0.5, 0.6) is 0 Å². The Morgan fingerprint density at radius 2 is 1.85 bits per heavy atom. The fourth-order valence-corrected chi connectivity index (χ4v) is 6.43. The molecule has 10 heteroatoms. The van der Waals surface area contributed by atoms with Crippen LogP contribution >= 0.6 is 0 Å². The molecule has 0 bridgehead atoms. The lowest BCUT2D eigenvalue weighted by Crippen LogP contribution is -2.60. The van der Waals surface area contributed by atoms with Crippen molar-refractivity contribution in [2.75, 3.05) is 40.0 Å². The van der Waals surface area contributed by atoms with Crippen molar-refractivity contribution in [2.24, 2.45) is 5.41 Å². The van der Waals surface area contributed by atoms with Crippen molar-refractivity contribution in [3.8, 4) is 0 Å². The number of hydrogen-bond acceptors (Lipinski definition) is 4. The van der Waals surface area contributed by atoms with E-state index in [4.69, 9.17) is 9.47 Å². The maximum atomic E-state index is 14.9. The monoisotopic (exact) mass is 560 g/mol. The SMILES string of the molecule is COC(C(=O)N1CCC2(CC1)CC(=O)NC[C@H]2c1ccc(F)cc1)(c1cccc(C2=CCCOC2)c1)C(F)(F)F. The molecule has 0 aromatic heterocycles. The van der Waals surface area contributed by atoms with E-state index in [1.807, 2.05) is 6.08 Å². The Morgan fingerprint density at radius 1 is 1.12 bits per heavy atom. The molecule has 2 atom stereocenters. The molecule has 3 aliphatic rings. The molecule has 6 nitrogen and oxygen atoms in total. The maximum absolute atomic E-state index is 14.9. The average molecular weight is 561 g/mol. The Kier molecular flexibility index (Phi) is 7.76. The molecule has 2 aromatic rings. The van der Waals surface area contributed by atoms with Gasteiger partial charge in [0.2, 0.25) is 5.91 Å². The van der Waals surface area contributed by atoms with E-state index < -0.39 is 23.1 Å². The molecule has 0 saturated carbocycles. The molecule has 1 unspecified atom stereocenters. The van der Waals surface area contributed by atoms with E-state index >= 15 is 0 Å². The van der Waals surface area contributed by atoms with E-state index in [0.717, 1.165) is 18.2 Å². The molecule has 40 heavy (non-hydrogen) atoms. The number of nitrogens with one attached hydrogen (secondary N) is 1. The van der Waals surface area contributed by atoms with Crippen molar-refractivity contribution in [3.63, 3.8) is 0 Å². The van der Waals surface area contributed by atoms with Crippen LogP contribution in [-0.2, 0) is 24.7 Å². The highest BCUT2D eigenvalue weighted by molar-refractivity contribution is 5.88. The third-order valence-electron chi connectivity index (χ3n) is 8.63. The van der Waals surface area contributed by atoms with Crippen LogP contribution < -0.4 is 5.32 Å². The van der Waals surface area contributed by atoms with Crippen molar-refractivity contribution in [3.05, 3.63) is 77.1 Å². The lowest BCUT2D eigenvalue weighted by atomic mass is 9.62. The van der Waals surface area contributed by atoms with Gasteiger partial charge in [-0.3, -0.25) is 9.59 Å². The Labute approximate surface area is 230 Å². The number of carbonyl (C=O) groups is 2. The van der Waals surface area contributed by atoms with Crippen LogP contribution in [0.3, 0.4) is 0 Å². The van der Waals surface area contributed by atoms with E-state index in [2.05, 4.69) is 5.32 Å². The van der Waals surface area contributed by atoms with E-state index in [-0.39, 0.29) is 49.3 Å². The van der Waals surface area contributed by atoms with Crippen molar-refractivity contribution in [1.82, 2.24) is 10.2 Å². The number of piperidine rings is 2. The zero-order valence-corrected chi connectivity index (χ0v) is 22.2. The minimum Gasteiger partial charge on any atom is -0.376 e. The summed E-state index contributed by atoms with van der Waals surface area (Å²) in [5, 5.41) is 2.86. The highest BCUT2D eigenvalue weighted by atomic mass is 19.4. The van der Waals surface area contributed by atoms with Gasteiger partial charge in [0.15, 0.2) is 0 Å². The first-order valence-electron chi connectivity index (χ1n) is 13.4. The predicted molar refractivity (Wildman–Crippen MR) is 140 cm³/mol. The molecule has 2 saturated heterocycles. The normalized spacial score (nSPS) is 22.8. The number of nitrogens with zero attached hydrogens (tertiary/aromatic N) is 1. The van der Waals surface area contributed by atoms with Crippen LogP contribution in [0.4, 0.5) is 17.6 Å². The molecule has 0 radical (unpaired) electrons. The van der Waals surface area contributed by atoms with Crippen LogP contribution in [0, 0.1) is 11.2 Å². The average Bonchev–Trinajstić information content (AvgIpc) is 2.95. The second-order valence-corrected chi connectivity index (χ2v) is 10.8. The van der Waals surface area contributed by atoms with Crippen molar-refractivity contribution in [2.45, 2.75) is 43.4 Å². The topological polar surface area (TPSA) is 67.9 Å². The Hall–Kier alpha value is -3.24. The van der Waals surface area contributed by atoms with Gasteiger partial charge in [-0.1, -0.05) is 36.4 Å². The first-order valence-corrected chi connectivity index (χ1v) is 13.4. The number of carbonyl (C=O) groups excluding carboxylic acids is 2. The van der Waals surface area contributed by atoms with Crippen molar-refractivity contribution < 1.29 is 36.6 Å². The van der Waals surface area contributed by atoms with E-state index in [1.165, 1.54) is 35.2 Å². The first kappa shape index (κ1) is 28.3. The minimum atomic E-state index is -5.04. The highest BCUT2D eigenvalue weighted by Gasteiger charge is 2.64. The second-order valence-electron chi connectivity index (χ2n) is 10.8. The third kappa shape index (κ3) is 5.03. The van der Waals surface area contributed by atoms with Gasteiger partial charge in [-0.15, -0.1) is 0 Å². The van der Waals surface area contributed by atoms with Gasteiger partial charge in [-0.25, -0.2) is 4.39 Å². The Balaban J connectivity index is 1.44. The van der Waals surface area contributed by atoms with Crippen LogP contribution in [0.1, 0.15) is 48.3 Å². The number of amides is 2. The predicted octanol–water partition coefficient (Wildman–Crippen LogP) is 4.95. The van der Waals surface area contributed by atoms with E-state index in [0.29, 0.717) is 38.0 Å². The minimum absolute atomic E-state index is 0.0314. The van der Waals surface area contributed by atoms with Gasteiger partial charge in [0.1, 0.15) is 5.82 Å². The molecule has 3 heterocycles. The van der Waals surface area contributed by atoms with Gasteiger partial charge >= 0.3 is 6.18 Å². The molecular weight excluding hydrogens is 528 g/mol. The Morgan fingerprint density at radius 3 is 2.48 bits per heavy atom. The molecule has 5 rings (SSSR count). The van der Waals surface area contributed by atoms with Crippen LogP contribution in [0.25, 0.3) is 5.57 Å². The first-order chi connectivity index (χ1) is 19.1. The molecule has 0 aliphatic carbocycles. The molecule has 2 aromatic carbocycles. The number of methoxy groups -OCH3 is 1. The van der Waals surface area contributed by atoms with Crippen LogP contribution in [0.15, 0.2) is 54.6 Å².